The van der Waals surface area contributed by atoms with Crippen molar-refractivity contribution in [3.05, 3.63) is 59.9 Å². The number of aromatic nitrogens is 1. The van der Waals surface area contributed by atoms with Gasteiger partial charge in [-0.2, -0.15) is 13.2 Å². The normalized spacial score (nSPS) is 11.1. The van der Waals surface area contributed by atoms with Gasteiger partial charge in [0.25, 0.3) is 5.91 Å². The van der Waals surface area contributed by atoms with Crippen LogP contribution in [-0.4, -0.2) is 10.9 Å². The molecule has 3 nitrogen and oxygen atoms in total. The second-order valence-corrected chi connectivity index (χ2v) is 3.77. The van der Waals surface area contributed by atoms with Gasteiger partial charge in [0.05, 0.1) is 17.4 Å². The van der Waals surface area contributed by atoms with Gasteiger partial charge in [0, 0.05) is 11.8 Å². The third-order valence-electron chi connectivity index (χ3n) is 2.37. The van der Waals surface area contributed by atoms with Crippen molar-refractivity contribution in [3.63, 3.8) is 0 Å². The Morgan fingerprint density at radius 3 is 2.58 bits per heavy atom. The maximum absolute atomic E-state index is 12.5. The average Bonchev–Trinajstić information content (AvgIpc) is 2.39. The van der Waals surface area contributed by atoms with Crippen molar-refractivity contribution >= 4 is 11.6 Å². The summed E-state index contributed by atoms with van der Waals surface area (Å²) in [4.78, 5) is 15.6. The first kappa shape index (κ1) is 13.1. The Morgan fingerprint density at radius 1 is 1.16 bits per heavy atom. The number of hydrogen-bond acceptors (Lipinski definition) is 2. The van der Waals surface area contributed by atoms with Crippen molar-refractivity contribution in [1.29, 1.82) is 0 Å². The van der Waals surface area contributed by atoms with Crippen molar-refractivity contribution in [1.82, 2.24) is 4.98 Å². The zero-order chi connectivity index (χ0) is 13.9. The van der Waals surface area contributed by atoms with Crippen molar-refractivity contribution in [2.45, 2.75) is 6.18 Å². The second-order valence-electron chi connectivity index (χ2n) is 3.77. The second kappa shape index (κ2) is 5.09. The number of carbonyl (C=O) groups is 1. The molecular weight excluding hydrogens is 257 g/mol. The molecule has 0 aliphatic rings. The molecule has 98 valence electrons. The van der Waals surface area contributed by atoms with Crippen LogP contribution in [0.1, 0.15) is 15.9 Å². The minimum Gasteiger partial charge on any atom is -0.321 e. The van der Waals surface area contributed by atoms with Gasteiger partial charge >= 0.3 is 6.18 Å². The number of rotatable bonds is 2. The molecule has 0 fully saturated rings. The molecule has 0 bridgehead atoms. The summed E-state index contributed by atoms with van der Waals surface area (Å²) in [5.74, 6) is -0.612. The van der Waals surface area contributed by atoms with E-state index < -0.39 is 17.6 Å². The van der Waals surface area contributed by atoms with E-state index in [1.807, 2.05) is 0 Å². The van der Waals surface area contributed by atoms with Crippen LogP contribution in [-0.2, 0) is 6.18 Å². The lowest BCUT2D eigenvalue weighted by molar-refractivity contribution is -0.137. The van der Waals surface area contributed by atoms with Crippen LogP contribution in [0.5, 0.6) is 0 Å². The quantitative estimate of drug-likeness (QED) is 0.905. The average molecular weight is 266 g/mol. The first-order valence-electron chi connectivity index (χ1n) is 5.35. The number of nitrogens with one attached hydrogen (secondary N) is 1. The van der Waals surface area contributed by atoms with Crippen LogP contribution >= 0.6 is 0 Å². The fourth-order valence-corrected chi connectivity index (χ4v) is 1.48. The van der Waals surface area contributed by atoms with E-state index >= 15 is 0 Å². The van der Waals surface area contributed by atoms with E-state index in [2.05, 4.69) is 10.3 Å². The lowest BCUT2D eigenvalue weighted by Crippen LogP contribution is -2.13. The Bertz CT molecular complexity index is 582. The minimum atomic E-state index is -4.47. The van der Waals surface area contributed by atoms with E-state index in [0.29, 0.717) is 5.69 Å². The van der Waals surface area contributed by atoms with Gasteiger partial charge < -0.3 is 5.32 Å². The van der Waals surface area contributed by atoms with Crippen LogP contribution in [0.25, 0.3) is 0 Å². The molecule has 0 unspecified atom stereocenters. The monoisotopic (exact) mass is 266 g/mol. The molecule has 2 rings (SSSR count). The standard InChI is InChI=1S/C13H9F3N2O/c14-13(15,16)10-4-1-3-9(7-10)12(19)18-11-5-2-6-17-8-11/h1-8H,(H,18,19). The molecule has 0 spiro atoms. The van der Waals surface area contributed by atoms with Crippen LogP contribution in [0.2, 0.25) is 0 Å². The van der Waals surface area contributed by atoms with Crippen molar-refractivity contribution in [3.8, 4) is 0 Å². The molecule has 0 saturated heterocycles. The van der Waals surface area contributed by atoms with E-state index in [9.17, 15) is 18.0 Å². The summed E-state index contributed by atoms with van der Waals surface area (Å²) in [5.41, 5.74) is -0.491. The van der Waals surface area contributed by atoms with Gasteiger partial charge in [0.2, 0.25) is 0 Å². The molecule has 1 amide bonds. The van der Waals surface area contributed by atoms with E-state index in [1.54, 1.807) is 12.1 Å². The molecule has 6 heteroatoms. The van der Waals surface area contributed by atoms with Gasteiger partial charge in [0.15, 0.2) is 0 Å². The van der Waals surface area contributed by atoms with E-state index in [-0.39, 0.29) is 5.56 Å². The predicted molar refractivity (Wildman–Crippen MR) is 63.6 cm³/mol. The Kier molecular flexibility index (Phi) is 3.50. The number of pyridine rings is 1. The number of benzene rings is 1. The summed E-state index contributed by atoms with van der Waals surface area (Å²) >= 11 is 0. The molecule has 1 aromatic heterocycles. The van der Waals surface area contributed by atoms with Crippen LogP contribution in [0.4, 0.5) is 18.9 Å². The molecule has 1 aromatic carbocycles. The van der Waals surface area contributed by atoms with Gasteiger partial charge in [-0.05, 0) is 30.3 Å². The molecule has 0 atom stereocenters. The molecule has 1 heterocycles. The highest BCUT2D eigenvalue weighted by atomic mass is 19.4. The number of nitrogens with zero attached hydrogens (tertiary/aromatic N) is 1. The molecule has 1 N–H and O–H groups in total. The fourth-order valence-electron chi connectivity index (χ4n) is 1.48. The summed E-state index contributed by atoms with van der Waals surface area (Å²) in [7, 11) is 0. The van der Waals surface area contributed by atoms with Crippen molar-refractivity contribution in [2.75, 3.05) is 5.32 Å². The number of alkyl halides is 3. The maximum Gasteiger partial charge on any atom is 0.416 e. The first-order valence-corrected chi connectivity index (χ1v) is 5.35. The van der Waals surface area contributed by atoms with Crippen LogP contribution in [0.15, 0.2) is 48.8 Å². The topological polar surface area (TPSA) is 42.0 Å². The van der Waals surface area contributed by atoms with Crippen LogP contribution < -0.4 is 5.32 Å². The third kappa shape index (κ3) is 3.31. The number of halogens is 3. The summed E-state index contributed by atoms with van der Waals surface area (Å²) in [6, 6.07) is 7.45. The number of amides is 1. The Hall–Kier alpha value is -2.37. The van der Waals surface area contributed by atoms with Gasteiger partial charge in [-0.3, -0.25) is 9.78 Å². The lowest BCUT2D eigenvalue weighted by atomic mass is 10.1. The van der Waals surface area contributed by atoms with E-state index in [4.69, 9.17) is 0 Å². The zero-order valence-corrected chi connectivity index (χ0v) is 9.61. The molecule has 0 radical (unpaired) electrons. The Morgan fingerprint density at radius 2 is 1.95 bits per heavy atom. The van der Waals surface area contributed by atoms with Gasteiger partial charge in [-0.1, -0.05) is 6.07 Å². The Balaban J connectivity index is 2.20. The highest BCUT2D eigenvalue weighted by Gasteiger charge is 2.30. The SMILES string of the molecule is O=C(Nc1cccnc1)c1cccc(C(F)(F)F)c1. The lowest BCUT2D eigenvalue weighted by Gasteiger charge is -2.09. The molecule has 0 aliphatic heterocycles. The maximum atomic E-state index is 12.5. The largest absolute Gasteiger partial charge is 0.416 e. The van der Waals surface area contributed by atoms with E-state index in [1.165, 1.54) is 24.5 Å². The van der Waals surface area contributed by atoms with Gasteiger partial charge in [-0.25, -0.2) is 0 Å². The molecule has 2 aromatic rings. The Labute approximate surface area is 107 Å². The molecule has 0 aliphatic carbocycles. The fraction of sp³-hybridized carbons (Fsp3) is 0.0769. The first-order chi connectivity index (χ1) is 8.97. The van der Waals surface area contributed by atoms with Gasteiger partial charge in [0.1, 0.15) is 0 Å². The van der Waals surface area contributed by atoms with Gasteiger partial charge in [-0.15, -0.1) is 0 Å². The zero-order valence-electron chi connectivity index (χ0n) is 9.61. The highest BCUT2D eigenvalue weighted by molar-refractivity contribution is 6.04. The summed E-state index contributed by atoms with van der Waals surface area (Å²) in [5, 5.41) is 2.47. The van der Waals surface area contributed by atoms with Crippen molar-refractivity contribution in [2.24, 2.45) is 0 Å². The highest BCUT2D eigenvalue weighted by Crippen LogP contribution is 2.29. The smallest absolute Gasteiger partial charge is 0.321 e. The molecule has 19 heavy (non-hydrogen) atoms. The molecular formula is C13H9F3N2O. The van der Waals surface area contributed by atoms with Crippen molar-refractivity contribution < 1.29 is 18.0 Å². The number of hydrogen-bond donors (Lipinski definition) is 1. The number of anilines is 1. The third-order valence-corrected chi connectivity index (χ3v) is 2.37. The van der Waals surface area contributed by atoms with Crippen LogP contribution in [0.3, 0.4) is 0 Å². The summed E-state index contributed by atoms with van der Waals surface area (Å²) < 4.78 is 37.5. The predicted octanol–water partition coefficient (Wildman–Crippen LogP) is 3.35. The van der Waals surface area contributed by atoms with E-state index in [0.717, 1.165) is 12.1 Å². The minimum absolute atomic E-state index is 0.0568. The van der Waals surface area contributed by atoms with Crippen LogP contribution in [0, 0.1) is 0 Å². The molecule has 0 saturated carbocycles. The summed E-state index contributed by atoms with van der Waals surface area (Å²) in [6.07, 6.45) is -1.53. The summed E-state index contributed by atoms with van der Waals surface area (Å²) in [6.45, 7) is 0. The number of carbonyl (C=O) groups excluding carboxylic acids is 1.